The van der Waals surface area contributed by atoms with Gasteiger partial charge in [-0.05, 0) is 25.1 Å². The number of carbonyl (C=O) groups excluding carboxylic acids is 1. The van der Waals surface area contributed by atoms with Crippen LogP contribution in [0.15, 0.2) is 35.6 Å². The lowest BCUT2D eigenvalue weighted by molar-refractivity contribution is 0.0952. The van der Waals surface area contributed by atoms with Gasteiger partial charge in [-0.2, -0.15) is 5.10 Å². The summed E-state index contributed by atoms with van der Waals surface area (Å²) < 4.78 is 7.19. The van der Waals surface area contributed by atoms with Gasteiger partial charge in [-0.15, -0.1) is 0 Å². The van der Waals surface area contributed by atoms with Crippen molar-refractivity contribution in [1.29, 1.82) is 0 Å². The van der Waals surface area contributed by atoms with E-state index in [0.717, 1.165) is 16.9 Å². The van der Waals surface area contributed by atoms with E-state index in [0.29, 0.717) is 53.8 Å². The Kier molecular flexibility index (Phi) is 8.51. The number of aromatic nitrogens is 4. The Morgan fingerprint density at radius 1 is 1.29 bits per heavy atom. The Labute approximate surface area is 191 Å². The van der Waals surface area contributed by atoms with E-state index < -0.39 is 0 Å². The summed E-state index contributed by atoms with van der Waals surface area (Å²) in [7, 11) is 0. The SMILES string of the molecule is CCOCCNc1nc(SC(C)C)nc2c1cnn2CCNC(=O)c1cccc(Cl)c1. The van der Waals surface area contributed by atoms with Crippen LogP contribution in [-0.2, 0) is 11.3 Å². The van der Waals surface area contributed by atoms with Crippen LogP contribution in [0.3, 0.4) is 0 Å². The first-order valence-electron chi connectivity index (χ1n) is 10.2. The lowest BCUT2D eigenvalue weighted by Crippen LogP contribution is -2.27. The lowest BCUT2D eigenvalue weighted by Gasteiger charge is -2.11. The van der Waals surface area contributed by atoms with Crippen LogP contribution in [-0.4, -0.2) is 57.2 Å². The van der Waals surface area contributed by atoms with Crippen LogP contribution in [0, 0.1) is 0 Å². The van der Waals surface area contributed by atoms with E-state index in [1.807, 2.05) is 6.92 Å². The fourth-order valence-electron chi connectivity index (χ4n) is 2.89. The second-order valence-electron chi connectivity index (χ2n) is 7.02. The molecule has 0 bridgehead atoms. The number of nitrogens with zero attached hydrogens (tertiary/aromatic N) is 4. The van der Waals surface area contributed by atoms with Gasteiger partial charge in [0, 0.05) is 35.5 Å². The van der Waals surface area contributed by atoms with Gasteiger partial charge in [0.25, 0.3) is 5.91 Å². The molecule has 0 aliphatic heterocycles. The number of ether oxygens (including phenoxy) is 1. The number of benzene rings is 1. The molecule has 0 unspecified atom stereocenters. The third-order valence-corrected chi connectivity index (χ3v) is 5.36. The summed E-state index contributed by atoms with van der Waals surface area (Å²) in [6.45, 7) is 8.98. The normalized spacial score (nSPS) is 11.3. The molecule has 166 valence electrons. The van der Waals surface area contributed by atoms with Gasteiger partial charge in [0.15, 0.2) is 10.8 Å². The van der Waals surface area contributed by atoms with Crippen LogP contribution in [0.4, 0.5) is 5.82 Å². The highest BCUT2D eigenvalue weighted by atomic mass is 35.5. The Morgan fingerprint density at radius 3 is 2.87 bits per heavy atom. The molecule has 1 aromatic carbocycles. The zero-order chi connectivity index (χ0) is 22.2. The highest BCUT2D eigenvalue weighted by molar-refractivity contribution is 7.99. The molecule has 2 heterocycles. The number of amides is 1. The minimum Gasteiger partial charge on any atom is -0.380 e. The minimum atomic E-state index is -0.178. The topological polar surface area (TPSA) is 94.0 Å². The molecule has 2 N–H and O–H groups in total. The molecule has 0 fully saturated rings. The Hall–Kier alpha value is -2.36. The van der Waals surface area contributed by atoms with E-state index in [9.17, 15) is 4.79 Å². The number of nitrogens with one attached hydrogen (secondary N) is 2. The van der Waals surface area contributed by atoms with E-state index in [-0.39, 0.29) is 5.91 Å². The zero-order valence-corrected chi connectivity index (χ0v) is 19.5. The molecule has 0 saturated carbocycles. The molecule has 0 radical (unpaired) electrons. The standard InChI is InChI=1S/C21H27ClN6O2S/c1-4-30-11-9-23-18-17-13-25-28(19(17)27-21(26-18)31-14(2)3)10-8-24-20(29)15-6-5-7-16(22)12-15/h5-7,12-14H,4,8-11H2,1-3H3,(H,24,29)(H,23,26,27). The van der Waals surface area contributed by atoms with E-state index in [4.69, 9.17) is 21.3 Å². The van der Waals surface area contributed by atoms with Gasteiger partial charge in [-0.1, -0.05) is 43.3 Å². The molecule has 0 aliphatic rings. The molecule has 3 aromatic rings. The maximum Gasteiger partial charge on any atom is 0.251 e. The van der Waals surface area contributed by atoms with Crippen molar-refractivity contribution >= 4 is 46.1 Å². The first-order chi connectivity index (χ1) is 15.0. The van der Waals surface area contributed by atoms with Crippen LogP contribution in [0.2, 0.25) is 5.02 Å². The van der Waals surface area contributed by atoms with Gasteiger partial charge < -0.3 is 15.4 Å². The average molecular weight is 463 g/mol. The fraction of sp³-hybridized carbons (Fsp3) is 0.429. The van der Waals surface area contributed by atoms with E-state index in [2.05, 4.69) is 34.6 Å². The number of thioether (sulfide) groups is 1. The van der Waals surface area contributed by atoms with Gasteiger partial charge in [-0.3, -0.25) is 4.79 Å². The van der Waals surface area contributed by atoms with Crippen molar-refractivity contribution in [2.24, 2.45) is 0 Å². The molecule has 2 aromatic heterocycles. The Bertz CT molecular complexity index is 1030. The first-order valence-corrected chi connectivity index (χ1v) is 11.5. The van der Waals surface area contributed by atoms with Gasteiger partial charge in [0.1, 0.15) is 5.82 Å². The minimum absolute atomic E-state index is 0.178. The van der Waals surface area contributed by atoms with Gasteiger partial charge in [0.05, 0.1) is 24.7 Å². The quantitative estimate of drug-likeness (QED) is 0.254. The Morgan fingerprint density at radius 2 is 2.13 bits per heavy atom. The van der Waals surface area contributed by atoms with Crippen LogP contribution in [0.1, 0.15) is 31.1 Å². The lowest BCUT2D eigenvalue weighted by atomic mass is 10.2. The number of halogens is 1. The summed E-state index contributed by atoms with van der Waals surface area (Å²) in [6.07, 6.45) is 1.75. The number of anilines is 1. The van der Waals surface area contributed by atoms with Gasteiger partial charge in [-0.25, -0.2) is 14.6 Å². The second kappa shape index (κ2) is 11.3. The zero-order valence-electron chi connectivity index (χ0n) is 17.9. The average Bonchev–Trinajstić information content (AvgIpc) is 3.13. The number of hydrogen-bond donors (Lipinski definition) is 2. The maximum absolute atomic E-state index is 12.3. The second-order valence-corrected chi connectivity index (χ2v) is 9.00. The van der Waals surface area contributed by atoms with Crippen LogP contribution < -0.4 is 10.6 Å². The van der Waals surface area contributed by atoms with Crippen molar-refractivity contribution < 1.29 is 9.53 Å². The fourth-order valence-corrected chi connectivity index (χ4v) is 3.79. The predicted octanol–water partition coefficient (Wildman–Crippen LogP) is 3.86. The van der Waals surface area contributed by atoms with Crippen molar-refractivity contribution in [3.8, 4) is 0 Å². The molecule has 0 aliphatic carbocycles. The molecule has 0 spiro atoms. The molecule has 10 heteroatoms. The van der Waals surface area contributed by atoms with Crippen molar-refractivity contribution in [3.63, 3.8) is 0 Å². The smallest absolute Gasteiger partial charge is 0.251 e. The molecule has 0 atom stereocenters. The first kappa shape index (κ1) is 23.3. The number of fused-ring (bicyclic) bond motifs is 1. The Balaban J connectivity index is 1.73. The summed E-state index contributed by atoms with van der Waals surface area (Å²) in [5.41, 5.74) is 1.26. The van der Waals surface area contributed by atoms with Crippen molar-refractivity contribution in [2.75, 3.05) is 31.6 Å². The van der Waals surface area contributed by atoms with E-state index >= 15 is 0 Å². The largest absolute Gasteiger partial charge is 0.380 e. The summed E-state index contributed by atoms with van der Waals surface area (Å²) in [6, 6.07) is 6.86. The summed E-state index contributed by atoms with van der Waals surface area (Å²) in [4.78, 5) is 21.7. The highest BCUT2D eigenvalue weighted by Gasteiger charge is 2.14. The summed E-state index contributed by atoms with van der Waals surface area (Å²) in [5, 5.41) is 13.1. The summed E-state index contributed by atoms with van der Waals surface area (Å²) in [5.74, 6) is 0.560. The number of rotatable bonds is 11. The van der Waals surface area contributed by atoms with Gasteiger partial charge in [0.2, 0.25) is 0 Å². The van der Waals surface area contributed by atoms with Crippen LogP contribution in [0.25, 0.3) is 11.0 Å². The van der Waals surface area contributed by atoms with Gasteiger partial charge >= 0.3 is 0 Å². The van der Waals surface area contributed by atoms with Crippen molar-refractivity contribution in [3.05, 3.63) is 41.0 Å². The van der Waals surface area contributed by atoms with E-state index in [1.165, 1.54) is 0 Å². The molecular formula is C21H27ClN6O2S. The molecule has 1 amide bonds. The molecule has 0 saturated heterocycles. The molecule has 31 heavy (non-hydrogen) atoms. The molecular weight excluding hydrogens is 436 g/mol. The van der Waals surface area contributed by atoms with E-state index in [1.54, 1.807) is 46.9 Å². The summed E-state index contributed by atoms with van der Waals surface area (Å²) >= 11 is 7.56. The van der Waals surface area contributed by atoms with Crippen LogP contribution >= 0.6 is 23.4 Å². The maximum atomic E-state index is 12.3. The monoisotopic (exact) mass is 462 g/mol. The van der Waals surface area contributed by atoms with Crippen molar-refractivity contribution in [1.82, 2.24) is 25.1 Å². The third kappa shape index (κ3) is 6.56. The number of hydrogen-bond acceptors (Lipinski definition) is 7. The highest BCUT2D eigenvalue weighted by Crippen LogP contribution is 2.26. The van der Waals surface area contributed by atoms with Crippen LogP contribution in [0.5, 0.6) is 0 Å². The predicted molar refractivity (Wildman–Crippen MR) is 125 cm³/mol. The molecule has 3 rings (SSSR count). The molecule has 8 nitrogen and oxygen atoms in total. The third-order valence-electron chi connectivity index (χ3n) is 4.26. The number of carbonyl (C=O) groups is 1. The van der Waals surface area contributed by atoms with Crippen molar-refractivity contribution in [2.45, 2.75) is 37.7 Å².